The molecular formula is C14H20FN3. The summed E-state index contributed by atoms with van der Waals surface area (Å²) < 4.78 is 15.4. The van der Waals surface area contributed by atoms with Crippen LogP contribution in [0.25, 0.3) is 11.0 Å². The van der Waals surface area contributed by atoms with Gasteiger partial charge in [-0.3, -0.25) is 0 Å². The summed E-state index contributed by atoms with van der Waals surface area (Å²) in [5.74, 6) is 1.08. The first kappa shape index (κ1) is 13.0. The van der Waals surface area contributed by atoms with Gasteiger partial charge in [0, 0.05) is 18.5 Å². The monoisotopic (exact) mass is 249 g/mol. The van der Waals surface area contributed by atoms with Crippen LogP contribution in [-0.2, 0) is 6.54 Å². The lowest BCUT2D eigenvalue weighted by Gasteiger charge is -2.13. The number of fused-ring (bicyclic) bond motifs is 1. The highest BCUT2D eigenvalue weighted by molar-refractivity contribution is 5.76. The van der Waals surface area contributed by atoms with Gasteiger partial charge in [0.05, 0.1) is 11.0 Å². The average Bonchev–Trinajstić information content (AvgIpc) is 2.68. The van der Waals surface area contributed by atoms with Crippen molar-refractivity contribution < 1.29 is 4.39 Å². The van der Waals surface area contributed by atoms with Crippen LogP contribution in [0.1, 0.15) is 38.4 Å². The standard InChI is InChI=1S/C14H20FN3/c1-3-8-18-13-5-4-11(15)9-12(13)17-14(18)10(2)6-7-16/h4-5,9-10H,3,6-8,16H2,1-2H3. The second-order valence-electron chi connectivity index (χ2n) is 4.73. The number of nitrogens with zero attached hydrogens (tertiary/aromatic N) is 2. The molecule has 3 nitrogen and oxygen atoms in total. The van der Waals surface area contributed by atoms with Crippen molar-refractivity contribution in [1.82, 2.24) is 9.55 Å². The molecule has 0 spiro atoms. The number of nitrogens with two attached hydrogens (primary N) is 1. The number of hydrogen-bond donors (Lipinski definition) is 1. The molecule has 0 amide bonds. The molecule has 2 rings (SSSR count). The Bertz CT molecular complexity index is 533. The van der Waals surface area contributed by atoms with Gasteiger partial charge in [-0.2, -0.15) is 0 Å². The van der Waals surface area contributed by atoms with Crippen molar-refractivity contribution in [3.05, 3.63) is 29.8 Å². The number of imidazole rings is 1. The van der Waals surface area contributed by atoms with Crippen molar-refractivity contribution in [2.24, 2.45) is 5.73 Å². The molecule has 0 saturated heterocycles. The van der Waals surface area contributed by atoms with Crippen LogP contribution in [0.4, 0.5) is 4.39 Å². The zero-order valence-electron chi connectivity index (χ0n) is 11.0. The van der Waals surface area contributed by atoms with E-state index in [1.807, 2.05) is 6.07 Å². The summed E-state index contributed by atoms with van der Waals surface area (Å²) in [5, 5.41) is 0. The fourth-order valence-electron chi connectivity index (χ4n) is 2.34. The second-order valence-corrected chi connectivity index (χ2v) is 4.73. The van der Waals surface area contributed by atoms with Crippen molar-refractivity contribution in [2.45, 2.75) is 39.2 Å². The summed E-state index contributed by atoms with van der Waals surface area (Å²) >= 11 is 0. The maximum absolute atomic E-state index is 13.2. The molecule has 1 aromatic heterocycles. The first-order valence-corrected chi connectivity index (χ1v) is 6.53. The summed E-state index contributed by atoms with van der Waals surface area (Å²) in [7, 11) is 0. The highest BCUT2D eigenvalue weighted by atomic mass is 19.1. The van der Waals surface area contributed by atoms with Gasteiger partial charge in [0.25, 0.3) is 0 Å². The number of benzene rings is 1. The molecule has 0 aliphatic carbocycles. The van der Waals surface area contributed by atoms with Gasteiger partial charge < -0.3 is 10.3 Å². The predicted molar refractivity (Wildman–Crippen MR) is 72.1 cm³/mol. The smallest absolute Gasteiger partial charge is 0.125 e. The third-order valence-electron chi connectivity index (χ3n) is 3.23. The third kappa shape index (κ3) is 2.38. The first-order chi connectivity index (χ1) is 8.67. The Balaban J connectivity index is 2.53. The molecule has 0 aliphatic rings. The zero-order valence-corrected chi connectivity index (χ0v) is 11.0. The Hall–Kier alpha value is -1.42. The van der Waals surface area contributed by atoms with E-state index in [9.17, 15) is 4.39 Å². The van der Waals surface area contributed by atoms with Crippen LogP contribution in [0.3, 0.4) is 0 Å². The van der Waals surface area contributed by atoms with Crippen molar-refractivity contribution in [2.75, 3.05) is 6.54 Å². The van der Waals surface area contributed by atoms with Crippen LogP contribution in [0, 0.1) is 5.82 Å². The van der Waals surface area contributed by atoms with E-state index in [0.717, 1.165) is 36.2 Å². The van der Waals surface area contributed by atoms with Gasteiger partial charge >= 0.3 is 0 Å². The van der Waals surface area contributed by atoms with Gasteiger partial charge in [-0.1, -0.05) is 13.8 Å². The SMILES string of the molecule is CCCn1c(C(C)CCN)nc2cc(F)ccc21. The van der Waals surface area contributed by atoms with Crippen molar-refractivity contribution >= 4 is 11.0 Å². The van der Waals surface area contributed by atoms with Crippen LogP contribution in [-0.4, -0.2) is 16.1 Å². The molecule has 0 bridgehead atoms. The lowest BCUT2D eigenvalue weighted by atomic mass is 10.1. The van der Waals surface area contributed by atoms with E-state index in [-0.39, 0.29) is 5.82 Å². The van der Waals surface area contributed by atoms with Crippen LogP contribution in [0.5, 0.6) is 0 Å². The maximum Gasteiger partial charge on any atom is 0.125 e. The Kier molecular flexibility index (Phi) is 3.97. The Morgan fingerprint density at radius 3 is 2.89 bits per heavy atom. The Labute approximate surface area is 107 Å². The fourth-order valence-corrected chi connectivity index (χ4v) is 2.34. The molecule has 0 aliphatic heterocycles. The summed E-state index contributed by atoms with van der Waals surface area (Å²) in [5.41, 5.74) is 7.36. The quantitative estimate of drug-likeness (QED) is 0.885. The van der Waals surface area contributed by atoms with E-state index in [1.165, 1.54) is 12.1 Å². The fraction of sp³-hybridized carbons (Fsp3) is 0.500. The number of aryl methyl sites for hydroxylation is 1. The molecule has 4 heteroatoms. The number of halogens is 1. The highest BCUT2D eigenvalue weighted by Crippen LogP contribution is 2.24. The van der Waals surface area contributed by atoms with E-state index in [2.05, 4.69) is 23.4 Å². The second kappa shape index (κ2) is 5.48. The van der Waals surface area contributed by atoms with Crippen LogP contribution in [0.2, 0.25) is 0 Å². The molecule has 1 heterocycles. The summed E-state index contributed by atoms with van der Waals surface area (Å²) in [4.78, 5) is 4.58. The molecule has 1 atom stereocenters. The molecular weight excluding hydrogens is 229 g/mol. The van der Waals surface area contributed by atoms with Gasteiger partial charge in [-0.05, 0) is 31.5 Å². The Morgan fingerprint density at radius 2 is 2.22 bits per heavy atom. The third-order valence-corrected chi connectivity index (χ3v) is 3.23. The molecule has 1 unspecified atom stereocenters. The van der Waals surface area contributed by atoms with E-state index >= 15 is 0 Å². The maximum atomic E-state index is 13.2. The molecule has 2 aromatic rings. The number of rotatable bonds is 5. The molecule has 1 aromatic carbocycles. The topological polar surface area (TPSA) is 43.8 Å². The van der Waals surface area contributed by atoms with Gasteiger partial charge in [0.1, 0.15) is 11.6 Å². The van der Waals surface area contributed by atoms with Gasteiger partial charge in [0.15, 0.2) is 0 Å². The normalized spacial score (nSPS) is 13.1. The zero-order chi connectivity index (χ0) is 13.1. The van der Waals surface area contributed by atoms with Crippen molar-refractivity contribution in [1.29, 1.82) is 0 Å². The van der Waals surface area contributed by atoms with Gasteiger partial charge in [-0.15, -0.1) is 0 Å². The molecule has 98 valence electrons. The number of aromatic nitrogens is 2. The van der Waals surface area contributed by atoms with E-state index in [0.29, 0.717) is 12.5 Å². The molecule has 2 N–H and O–H groups in total. The summed E-state index contributed by atoms with van der Waals surface area (Å²) in [6.07, 6.45) is 1.93. The highest BCUT2D eigenvalue weighted by Gasteiger charge is 2.15. The van der Waals surface area contributed by atoms with Crippen molar-refractivity contribution in [3.8, 4) is 0 Å². The van der Waals surface area contributed by atoms with Crippen LogP contribution < -0.4 is 5.73 Å². The van der Waals surface area contributed by atoms with Crippen LogP contribution in [0.15, 0.2) is 18.2 Å². The summed E-state index contributed by atoms with van der Waals surface area (Å²) in [6, 6.07) is 4.81. The minimum Gasteiger partial charge on any atom is -0.330 e. The summed E-state index contributed by atoms with van der Waals surface area (Å²) in [6.45, 7) is 5.81. The molecule has 0 radical (unpaired) electrons. The van der Waals surface area contributed by atoms with Crippen molar-refractivity contribution in [3.63, 3.8) is 0 Å². The van der Waals surface area contributed by atoms with Crippen LogP contribution >= 0.6 is 0 Å². The van der Waals surface area contributed by atoms with E-state index < -0.39 is 0 Å². The van der Waals surface area contributed by atoms with Gasteiger partial charge in [-0.25, -0.2) is 9.37 Å². The van der Waals surface area contributed by atoms with E-state index in [4.69, 9.17) is 5.73 Å². The molecule has 0 fully saturated rings. The first-order valence-electron chi connectivity index (χ1n) is 6.53. The predicted octanol–water partition coefficient (Wildman–Crippen LogP) is 3.04. The average molecular weight is 249 g/mol. The Morgan fingerprint density at radius 1 is 1.44 bits per heavy atom. The minimum absolute atomic E-state index is 0.235. The lowest BCUT2D eigenvalue weighted by molar-refractivity contribution is 0.578. The van der Waals surface area contributed by atoms with Gasteiger partial charge in [0.2, 0.25) is 0 Å². The minimum atomic E-state index is -0.235. The molecule has 0 saturated carbocycles. The van der Waals surface area contributed by atoms with E-state index in [1.54, 1.807) is 0 Å². The lowest BCUT2D eigenvalue weighted by Crippen LogP contribution is -2.11. The number of hydrogen-bond acceptors (Lipinski definition) is 2. The molecule has 18 heavy (non-hydrogen) atoms. The largest absolute Gasteiger partial charge is 0.330 e.